The largest absolute Gasteiger partial charge is 0.299 e. The lowest BCUT2D eigenvalue weighted by molar-refractivity contribution is -0.117. The molecule has 4 nitrogen and oxygen atoms in total. The second kappa shape index (κ2) is 3.66. The number of aryl methyl sites for hydroxylation is 1. The number of nitrogens with zero attached hydrogens (tertiary/aromatic N) is 3. The van der Waals surface area contributed by atoms with E-state index in [1.165, 1.54) is 0 Å². The van der Waals surface area contributed by atoms with Gasteiger partial charge in [0.05, 0.1) is 3.92 Å². The van der Waals surface area contributed by atoms with Gasteiger partial charge in [-0.1, -0.05) is 22.6 Å². The molecule has 17 heavy (non-hydrogen) atoms. The van der Waals surface area contributed by atoms with Crippen LogP contribution in [-0.4, -0.2) is 26.7 Å². The number of alkyl halides is 2. The monoisotopic (exact) mass is 349 g/mol. The molecule has 0 radical (unpaired) electrons. The zero-order valence-electron chi connectivity index (χ0n) is 9.49. The Morgan fingerprint density at radius 1 is 1.59 bits per heavy atom. The van der Waals surface area contributed by atoms with Gasteiger partial charge in [-0.25, -0.2) is 9.07 Å². The molecule has 6 heteroatoms. The van der Waals surface area contributed by atoms with Gasteiger partial charge in [0.25, 0.3) is 0 Å². The molecule has 92 valence electrons. The van der Waals surface area contributed by atoms with E-state index in [9.17, 15) is 9.18 Å². The Morgan fingerprint density at radius 2 is 2.29 bits per heavy atom. The van der Waals surface area contributed by atoms with Crippen LogP contribution in [0.25, 0.3) is 0 Å². The average molecular weight is 349 g/mol. The van der Waals surface area contributed by atoms with Gasteiger partial charge in [0, 0.05) is 19.7 Å². The van der Waals surface area contributed by atoms with Crippen molar-refractivity contribution < 1.29 is 9.18 Å². The van der Waals surface area contributed by atoms with Crippen LogP contribution in [0.1, 0.15) is 25.0 Å². The van der Waals surface area contributed by atoms with Crippen LogP contribution >= 0.6 is 22.6 Å². The van der Waals surface area contributed by atoms with Crippen molar-refractivity contribution in [3.05, 3.63) is 11.8 Å². The molecule has 1 amide bonds. The van der Waals surface area contributed by atoms with E-state index in [2.05, 4.69) is 27.7 Å². The van der Waals surface area contributed by atoms with E-state index in [1.807, 2.05) is 0 Å². The van der Waals surface area contributed by atoms with Crippen molar-refractivity contribution in [1.29, 1.82) is 0 Å². The van der Waals surface area contributed by atoms with Gasteiger partial charge in [-0.3, -0.25) is 9.69 Å². The Labute approximate surface area is 112 Å². The molecule has 1 saturated carbocycles. The van der Waals surface area contributed by atoms with Crippen LogP contribution < -0.4 is 4.90 Å². The molecule has 1 aliphatic heterocycles. The van der Waals surface area contributed by atoms with Gasteiger partial charge in [-0.15, -0.1) is 0 Å². The van der Waals surface area contributed by atoms with Crippen molar-refractivity contribution in [2.75, 3.05) is 11.9 Å². The van der Waals surface area contributed by atoms with E-state index in [4.69, 9.17) is 0 Å². The molecule has 2 heterocycles. The molecule has 1 aromatic heterocycles. The lowest BCUT2D eigenvalue weighted by atomic mass is 10.2. The fraction of sp³-hybridized carbons (Fsp3) is 0.636. The Hall–Kier alpha value is -0.660. The predicted octanol–water partition coefficient (Wildman–Crippen LogP) is 2.01. The maximum Gasteiger partial charge on any atom is 0.240 e. The molecule has 1 atom stereocenters. The zero-order valence-corrected chi connectivity index (χ0v) is 11.6. The van der Waals surface area contributed by atoms with Crippen LogP contribution in [0.5, 0.6) is 0 Å². The number of carbonyl (C=O) groups is 1. The highest BCUT2D eigenvalue weighted by Gasteiger charge is 2.48. The first kappa shape index (κ1) is 11.4. The highest BCUT2D eigenvalue weighted by atomic mass is 127. The number of carbonyl (C=O) groups excluding carboxylic acids is 1. The van der Waals surface area contributed by atoms with Crippen LogP contribution in [-0.2, 0) is 17.0 Å². The first-order chi connectivity index (χ1) is 8.01. The number of amides is 1. The number of halogens is 2. The SMILES string of the molecule is CN1C(=O)C(I)CCn2nc(C3(F)CC3)cc21. The standard InChI is InChI=1S/C11H13FIN3O/c1-15-9-6-8(11(12)3-4-11)14-16(9)5-2-7(13)10(15)17/h6-7H,2-5H2,1H3. The summed E-state index contributed by atoms with van der Waals surface area (Å²) in [4.78, 5) is 13.6. The van der Waals surface area contributed by atoms with Crippen LogP contribution in [0.15, 0.2) is 6.07 Å². The molecular weight excluding hydrogens is 336 g/mol. The number of hydrogen-bond acceptors (Lipinski definition) is 2. The van der Waals surface area contributed by atoms with Crippen molar-refractivity contribution in [2.45, 2.75) is 35.4 Å². The van der Waals surface area contributed by atoms with E-state index in [1.54, 1.807) is 22.7 Å². The molecule has 0 spiro atoms. The minimum absolute atomic E-state index is 0.0250. The summed E-state index contributed by atoms with van der Waals surface area (Å²) >= 11 is 2.15. The summed E-state index contributed by atoms with van der Waals surface area (Å²) in [5, 5.41) is 4.31. The number of fused-ring (bicyclic) bond motifs is 1. The van der Waals surface area contributed by atoms with Gasteiger partial charge in [-0.2, -0.15) is 5.10 Å². The number of anilines is 1. The molecule has 0 N–H and O–H groups in total. The predicted molar refractivity (Wildman–Crippen MR) is 70.1 cm³/mol. The Kier molecular flexibility index (Phi) is 2.46. The Morgan fingerprint density at radius 3 is 2.94 bits per heavy atom. The summed E-state index contributed by atoms with van der Waals surface area (Å²) in [6.07, 6.45) is 1.85. The van der Waals surface area contributed by atoms with Gasteiger partial charge < -0.3 is 0 Å². The minimum Gasteiger partial charge on any atom is -0.299 e. The van der Waals surface area contributed by atoms with Crippen molar-refractivity contribution in [3.63, 3.8) is 0 Å². The summed E-state index contributed by atoms with van der Waals surface area (Å²) in [5.74, 6) is 0.785. The van der Waals surface area contributed by atoms with E-state index in [-0.39, 0.29) is 9.83 Å². The van der Waals surface area contributed by atoms with E-state index < -0.39 is 5.67 Å². The van der Waals surface area contributed by atoms with Crippen molar-refractivity contribution in [1.82, 2.24) is 9.78 Å². The van der Waals surface area contributed by atoms with Crippen LogP contribution in [0.2, 0.25) is 0 Å². The van der Waals surface area contributed by atoms with Crippen molar-refractivity contribution in [2.24, 2.45) is 0 Å². The summed E-state index contributed by atoms with van der Waals surface area (Å²) in [6, 6.07) is 1.72. The molecule has 1 fully saturated rings. The van der Waals surface area contributed by atoms with Crippen LogP contribution in [0.3, 0.4) is 0 Å². The molecule has 0 saturated heterocycles. The molecule has 1 aliphatic carbocycles. The Balaban J connectivity index is 2.00. The molecule has 0 aromatic carbocycles. The highest BCUT2D eigenvalue weighted by Crippen LogP contribution is 2.49. The van der Waals surface area contributed by atoms with Crippen molar-refractivity contribution >= 4 is 34.3 Å². The first-order valence-corrected chi connectivity index (χ1v) is 6.95. The van der Waals surface area contributed by atoms with Crippen LogP contribution in [0, 0.1) is 0 Å². The van der Waals surface area contributed by atoms with Crippen molar-refractivity contribution in [3.8, 4) is 0 Å². The summed E-state index contributed by atoms with van der Waals surface area (Å²) < 4.78 is 15.7. The number of hydrogen-bond donors (Lipinski definition) is 0. The summed E-state index contributed by atoms with van der Waals surface area (Å²) in [5.41, 5.74) is -0.744. The quantitative estimate of drug-likeness (QED) is 0.575. The highest BCUT2D eigenvalue weighted by molar-refractivity contribution is 14.1. The minimum atomic E-state index is -1.23. The van der Waals surface area contributed by atoms with Gasteiger partial charge in [-0.05, 0) is 19.3 Å². The second-order valence-corrected chi connectivity index (χ2v) is 6.23. The number of aromatic nitrogens is 2. The lowest BCUT2D eigenvalue weighted by Gasteiger charge is -2.15. The normalized spacial score (nSPS) is 26.6. The molecule has 2 aliphatic rings. The summed E-state index contributed by atoms with van der Waals surface area (Å²) in [6.45, 7) is 0.676. The smallest absolute Gasteiger partial charge is 0.240 e. The maximum absolute atomic E-state index is 13.9. The molecule has 3 rings (SSSR count). The van der Waals surface area contributed by atoms with Gasteiger partial charge in [0.15, 0.2) is 5.67 Å². The topological polar surface area (TPSA) is 38.1 Å². The van der Waals surface area contributed by atoms with E-state index in [0.29, 0.717) is 30.9 Å². The second-order valence-electron chi connectivity index (χ2n) is 4.73. The molecule has 0 bridgehead atoms. The third kappa shape index (κ3) is 1.76. The Bertz CT molecular complexity index is 483. The fourth-order valence-corrected chi connectivity index (χ4v) is 2.80. The summed E-state index contributed by atoms with van der Waals surface area (Å²) in [7, 11) is 1.73. The van der Waals surface area contributed by atoms with Gasteiger partial charge in [0.1, 0.15) is 11.5 Å². The molecule has 1 unspecified atom stereocenters. The van der Waals surface area contributed by atoms with E-state index in [0.717, 1.165) is 6.42 Å². The molecule has 1 aromatic rings. The van der Waals surface area contributed by atoms with Gasteiger partial charge in [0.2, 0.25) is 5.91 Å². The third-order valence-corrected chi connectivity index (χ3v) is 4.60. The molecular formula is C11H13FIN3O. The fourth-order valence-electron chi connectivity index (χ4n) is 2.11. The maximum atomic E-state index is 13.9. The third-order valence-electron chi connectivity index (χ3n) is 3.44. The van der Waals surface area contributed by atoms with E-state index >= 15 is 0 Å². The average Bonchev–Trinajstić information content (AvgIpc) is 2.94. The first-order valence-electron chi connectivity index (χ1n) is 5.70. The number of rotatable bonds is 1. The van der Waals surface area contributed by atoms with Crippen LogP contribution in [0.4, 0.5) is 10.2 Å². The zero-order chi connectivity index (χ0) is 12.2. The van der Waals surface area contributed by atoms with Gasteiger partial charge >= 0.3 is 0 Å². The lowest BCUT2D eigenvalue weighted by Crippen LogP contribution is -2.32.